The summed E-state index contributed by atoms with van der Waals surface area (Å²) in [6.45, 7) is 0.476. The van der Waals surface area contributed by atoms with Crippen molar-refractivity contribution in [2.75, 3.05) is 0 Å². The second kappa shape index (κ2) is 7.25. The van der Waals surface area contributed by atoms with Crippen LogP contribution in [0.15, 0.2) is 46.9 Å². The fraction of sp³-hybridized carbons (Fsp3) is 0.133. The van der Waals surface area contributed by atoms with Crippen molar-refractivity contribution in [3.63, 3.8) is 0 Å². The molecule has 0 aromatic heterocycles. The van der Waals surface area contributed by atoms with Gasteiger partial charge in [0.2, 0.25) is 0 Å². The van der Waals surface area contributed by atoms with Crippen LogP contribution in [0.2, 0.25) is 5.02 Å². The maximum atomic E-state index is 12.1. The van der Waals surface area contributed by atoms with Gasteiger partial charge < -0.3 is 5.32 Å². The Morgan fingerprint density at radius 2 is 1.75 bits per heavy atom. The van der Waals surface area contributed by atoms with Crippen LogP contribution in [-0.4, -0.2) is 5.91 Å². The number of carbonyl (C=O) groups excluding carboxylic acids is 1. The van der Waals surface area contributed by atoms with Gasteiger partial charge >= 0.3 is 0 Å². The summed E-state index contributed by atoms with van der Waals surface area (Å²) in [5.41, 5.74) is 2.72. The Labute approximate surface area is 139 Å². The maximum Gasteiger partial charge on any atom is 0.253 e. The summed E-state index contributed by atoms with van der Waals surface area (Å²) in [7, 11) is 0. The third-order valence-corrected chi connectivity index (χ3v) is 4.27. The van der Waals surface area contributed by atoms with Crippen molar-refractivity contribution in [1.82, 2.24) is 5.32 Å². The molecule has 0 fully saturated rings. The Morgan fingerprint density at radius 1 is 1.10 bits per heavy atom. The first-order valence-corrected chi connectivity index (χ1v) is 8.26. The van der Waals surface area contributed by atoms with Gasteiger partial charge in [-0.15, -0.1) is 0 Å². The SMILES string of the molecule is O=C(NCc1ccc(CBr)cc1)c1cc(Br)ccc1Cl. The van der Waals surface area contributed by atoms with Crippen molar-refractivity contribution in [2.24, 2.45) is 0 Å². The van der Waals surface area contributed by atoms with Crippen molar-refractivity contribution in [3.8, 4) is 0 Å². The van der Waals surface area contributed by atoms with Crippen molar-refractivity contribution in [2.45, 2.75) is 11.9 Å². The molecule has 0 saturated carbocycles. The molecule has 2 rings (SSSR count). The molecule has 5 heteroatoms. The minimum atomic E-state index is -0.180. The van der Waals surface area contributed by atoms with Gasteiger partial charge in [-0.05, 0) is 29.3 Å². The Kier molecular flexibility index (Phi) is 5.64. The predicted octanol–water partition coefficient (Wildman–Crippen LogP) is 4.93. The summed E-state index contributed by atoms with van der Waals surface area (Å²) in [6, 6.07) is 13.3. The van der Waals surface area contributed by atoms with Gasteiger partial charge in [0.15, 0.2) is 0 Å². The lowest BCUT2D eigenvalue weighted by atomic mass is 10.1. The van der Waals surface area contributed by atoms with Crippen LogP contribution >= 0.6 is 43.5 Å². The van der Waals surface area contributed by atoms with E-state index >= 15 is 0 Å². The van der Waals surface area contributed by atoms with Gasteiger partial charge in [-0.3, -0.25) is 4.79 Å². The molecule has 0 aliphatic heterocycles. The number of rotatable bonds is 4. The zero-order chi connectivity index (χ0) is 14.5. The first-order chi connectivity index (χ1) is 9.60. The monoisotopic (exact) mass is 415 g/mol. The lowest BCUT2D eigenvalue weighted by Gasteiger charge is -2.08. The van der Waals surface area contributed by atoms with E-state index in [9.17, 15) is 4.79 Å². The molecule has 0 aliphatic rings. The van der Waals surface area contributed by atoms with E-state index in [4.69, 9.17) is 11.6 Å². The molecular weight excluding hydrogens is 405 g/mol. The molecule has 0 unspecified atom stereocenters. The second-order valence-corrected chi connectivity index (χ2v) is 6.14. The van der Waals surface area contributed by atoms with Crippen LogP contribution in [-0.2, 0) is 11.9 Å². The normalized spacial score (nSPS) is 10.3. The molecule has 2 nitrogen and oxygen atoms in total. The molecule has 0 saturated heterocycles. The van der Waals surface area contributed by atoms with Crippen molar-refractivity contribution >= 4 is 49.4 Å². The van der Waals surface area contributed by atoms with E-state index < -0.39 is 0 Å². The summed E-state index contributed by atoms with van der Waals surface area (Å²) >= 11 is 12.8. The van der Waals surface area contributed by atoms with Crippen LogP contribution in [0, 0.1) is 0 Å². The summed E-state index contributed by atoms with van der Waals surface area (Å²) in [5.74, 6) is -0.180. The lowest BCUT2D eigenvalue weighted by Crippen LogP contribution is -2.23. The average Bonchev–Trinajstić information content (AvgIpc) is 2.47. The first-order valence-electron chi connectivity index (χ1n) is 5.97. The molecule has 20 heavy (non-hydrogen) atoms. The van der Waals surface area contributed by atoms with Crippen LogP contribution in [0.4, 0.5) is 0 Å². The van der Waals surface area contributed by atoms with Gasteiger partial charge in [0, 0.05) is 16.3 Å². The topological polar surface area (TPSA) is 29.1 Å². The molecule has 1 amide bonds. The highest BCUT2D eigenvalue weighted by Crippen LogP contribution is 2.21. The number of amides is 1. The first kappa shape index (κ1) is 15.5. The highest BCUT2D eigenvalue weighted by molar-refractivity contribution is 9.10. The van der Waals surface area contributed by atoms with Crippen LogP contribution in [0.1, 0.15) is 21.5 Å². The molecule has 1 N–H and O–H groups in total. The summed E-state index contributed by atoms with van der Waals surface area (Å²) in [6.07, 6.45) is 0. The molecule has 0 atom stereocenters. The molecular formula is C15H12Br2ClNO. The lowest BCUT2D eigenvalue weighted by molar-refractivity contribution is 0.0951. The fourth-order valence-electron chi connectivity index (χ4n) is 1.70. The van der Waals surface area contributed by atoms with E-state index in [1.54, 1.807) is 18.2 Å². The molecule has 0 bridgehead atoms. The predicted molar refractivity (Wildman–Crippen MR) is 89.4 cm³/mol. The molecule has 0 spiro atoms. The quantitative estimate of drug-likeness (QED) is 0.703. The number of carbonyl (C=O) groups is 1. The number of alkyl halides is 1. The van der Waals surface area contributed by atoms with Crippen molar-refractivity contribution < 1.29 is 4.79 Å². The molecule has 0 aliphatic carbocycles. The Morgan fingerprint density at radius 3 is 2.40 bits per heavy atom. The van der Waals surface area contributed by atoms with Gasteiger partial charge in [-0.2, -0.15) is 0 Å². The van der Waals surface area contributed by atoms with E-state index in [0.29, 0.717) is 17.1 Å². The number of nitrogens with one attached hydrogen (secondary N) is 1. The van der Waals surface area contributed by atoms with Crippen LogP contribution in [0.25, 0.3) is 0 Å². The Balaban J connectivity index is 2.02. The number of hydrogen-bond acceptors (Lipinski definition) is 1. The van der Waals surface area contributed by atoms with E-state index in [0.717, 1.165) is 15.4 Å². The third kappa shape index (κ3) is 4.08. The van der Waals surface area contributed by atoms with Crippen LogP contribution in [0.5, 0.6) is 0 Å². The third-order valence-electron chi connectivity index (χ3n) is 2.80. The van der Waals surface area contributed by atoms with Crippen LogP contribution < -0.4 is 5.32 Å². The van der Waals surface area contributed by atoms with Gasteiger partial charge in [0.1, 0.15) is 0 Å². The smallest absolute Gasteiger partial charge is 0.253 e. The molecule has 2 aromatic carbocycles. The Bertz CT molecular complexity index is 614. The largest absolute Gasteiger partial charge is 0.348 e. The van der Waals surface area contributed by atoms with Gasteiger partial charge in [0.25, 0.3) is 5.91 Å². The number of halogens is 3. The molecule has 2 aromatic rings. The molecule has 0 radical (unpaired) electrons. The van der Waals surface area contributed by atoms with Gasteiger partial charge in [-0.1, -0.05) is 67.7 Å². The Hall–Kier alpha value is -0.840. The maximum absolute atomic E-state index is 12.1. The molecule has 0 heterocycles. The van der Waals surface area contributed by atoms with Crippen LogP contribution in [0.3, 0.4) is 0 Å². The number of benzene rings is 2. The number of hydrogen-bond donors (Lipinski definition) is 1. The van der Waals surface area contributed by atoms with E-state index in [2.05, 4.69) is 37.2 Å². The van der Waals surface area contributed by atoms with E-state index in [1.807, 2.05) is 24.3 Å². The zero-order valence-corrected chi connectivity index (χ0v) is 14.4. The average molecular weight is 418 g/mol. The summed E-state index contributed by atoms with van der Waals surface area (Å²) in [5, 5.41) is 4.14. The van der Waals surface area contributed by atoms with E-state index in [1.165, 1.54) is 5.56 Å². The van der Waals surface area contributed by atoms with Gasteiger partial charge in [-0.25, -0.2) is 0 Å². The fourth-order valence-corrected chi connectivity index (χ4v) is 2.63. The standard InChI is InChI=1S/C15H12Br2ClNO/c16-8-10-1-3-11(4-2-10)9-19-15(20)13-7-12(17)5-6-14(13)18/h1-7H,8-9H2,(H,19,20). The second-order valence-electron chi connectivity index (χ2n) is 4.26. The summed E-state index contributed by atoms with van der Waals surface area (Å²) < 4.78 is 0.828. The van der Waals surface area contributed by atoms with Crippen molar-refractivity contribution in [3.05, 3.63) is 68.7 Å². The molecule has 104 valence electrons. The van der Waals surface area contributed by atoms with Crippen molar-refractivity contribution in [1.29, 1.82) is 0 Å². The zero-order valence-electron chi connectivity index (χ0n) is 10.5. The van der Waals surface area contributed by atoms with E-state index in [-0.39, 0.29) is 5.91 Å². The summed E-state index contributed by atoms with van der Waals surface area (Å²) in [4.78, 5) is 12.1. The minimum Gasteiger partial charge on any atom is -0.348 e. The highest BCUT2D eigenvalue weighted by Gasteiger charge is 2.10. The minimum absolute atomic E-state index is 0.180. The highest BCUT2D eigenvalue weighted by atomic mass is 79.9. The van der Waals surface area contributed by atoms with Gasteiger partial charge in [0.05, 0.1) is 10.6 Å².